The first-order valence-electron chi connectivity index (χ1n) is 7.18. The van der Waals surface area contributed by atoms with Crippen molar-refractivity contribution in [2.75, 3.05) is 26.2 Å². The highest BCUT2D eigenvalue weighted by atomic mass is 16.5. The van der Waals surface area contributed by atoms with Crippen molar-refractivity contribution in [2.45, 2.75) is 39.7 Å². The van der Waals surface area contributed by atoms with E-state index in [4.69, 9.17) is 4.52 Å². The van der Waals surface area contributed by atoms with Crippen LogP contribution in [-0.4, -0.2) is 53.1 Å². The molecule has 1 aromatic heterocycles. The number of aromatic nitrogens is 1. The maximum Gasteiger partial charge on any atom is 0.259 e. The van der Waals surface area contributed by atoms with E-state index in [1.165, 1.54) is 0 Å². The van der Waals surface area contributed by atoms with Gasteiger partial charge in [-0.3, -0.25) is 9.69 Å². The number of likely N-dealkylation sites (N-methyl/N-ethyl adjacent to an activating group) is 1. The summed E-state index contributed by atoms with van der Waals surface area (Å²) in [7, 11) is 0. The zero-order valence-electron chi connectivity index (χ0n) is 12.1. The lowest BCUT2D eigenvalue weighted by Gasteiger charge is -2.26. The van der Waals surface area contributed by atoms with Gasteiger partial charge < -0.3 is 9.42 Å². The molecule has 5 heteroatoms. The van der Waals surface area contributed by atoms with E-state index in [9.17, 15) is 4.79 Å². The van der Waals surface area contributed by atoms with E-state index in [1.54, 1.807) is 6.20 Å². The maximum absolute atomic E-state index is 12.4. The highest BCUT2D eigenvalue weighted by Gasteiger charge is 2.31. The number of carbonyl (C=O) groups excluding carboxylic acids is 1. The third-order valence-electron chi connectivity index (χ3n) is 3.98. The Kier molecular flexibility index (Phi) is 4.58. The van der Waals surface area contributed by atoms with Gasteiger partial charge in [-0.25, -0.2) is 0 Å². The van der Waals surface area contributed by atoms with Gasteiger partial charge >= 0.3 is 0 Å². The number of nitrogens with zero attached hydrogens (tertiary/aromatic N) is 3. The molecule has 1 atom stereocenters. The lowest BCUT2D eigenvalue weighted by atomic mass is 10.2. The molecule has 5 nitrogen and oxygen atoms in total. The van der Waals surface area contributed by atoms with Gasteiger partial charge in [0.1, 0.15) is 11.3 Å². The Morgan fingerprint density at radius 3 is 2.84 bits per heavy atom. The molecule has 0 saturated carbocycles. The summed E-state index contributed by atoms with van der Waals surface area (Å²) in [6, 6.07) is 0.490. The molecule has 0 radical (unpaired) electrons. The van der Waals surface area contributed by atoms with Gasteiger partial charge in [-0.05, 0) is 19.5 Å². The first kappa shape index (κ1) is 14.1. The highest BCUT2D eigenvalue weighted by molar-refractivity contribution is 5.95. The van der Waals surface area contributed by atoms with Crippen LogP contribution in [0.15, 0.2) is 10.7 Å². The molecule has 0 N–H and O–H groups in total. The quantitative estimate of drug-likeness (QED) is 0.814. The van der Waals surface area contributed by atoms with Crippen LogP contribution in [0.2, 0.25) is 0 Å². The van der Waals surface area contributed by atoms with Crippen LogP contribution in [0.5, 0.6) is 0 Å². The van der Waals surface area contributed by atoms with E-state index in [1.807, 2.05) is 11.8 Å². The first-order chi connectivity index (χ1) is 9.21. The summed E-state index contributed by atoms with van der Waals surface area (Å²) < 4.78 is 5.10. The summed E-state index contributed by atoms with van der Waals surface area (Å²) in [5.74, 6) is 0.754. The number of rotatable bonds is 5. The highest BCUT2D eigenvalue weighted by Crippen LogP contribution is 2.19. The lowest BCUT2D eigenvalue weighted by Crippen LogP contribution is -2.38. The Balaban J connectivity index is 2.03. The number of aryl methyl sites for hydroxylation is 1. The van der Waals surface area contributed by atoms with E-state index < -0.39 is 0 Å². The average Bonchev–Trinajstić information content (AvgIpc) is 3.08. The van der Waals surface area contributed by atoms with E-state index >= 15 is 0 Å². The molecular formula is C14H23N3O2. The second-order valence-electron chi connectivity index (χ2n) is 4.93. The monoisotopic (exact) mass is 265 g/mol. The predicted molar refractivity (Wildman–Crippen MR) is 73.1 cm³/mol. The number of hydrogen-bond acceptors (Lipinski definition) is 4. The number of carbonyl (C=O) groups is 1. The van der Waals surface area contributed by atoms with Gasteiger partial charge in [-0.15, -0.1) is 0 Å². The molecule has 2 rings (SSSR count). The number of hydrogen-bond donors (Lipinski definition) is 0. The normalized spacial score (nSPS) is 19.4. The largest absolute Gasteiger partial charge is 0.361 e. The molecule has 1 aliphatic rings. The van der Waals surface area contributed by atoms with Crippen molar-refractivity contribution in [3.8, 4) is 0 Å². The molecule has 19 heavy (non-hydrogen) atoms. The van der Waals surface area contributed by atoms with Crippen molar-refractivity contribution in [1.29, 1.82) is 0 Å². The minimum absolute atomic E-state index is 0.0627. The molecule has 0 aromatic carbocycles. The summed E-state index contributed by atoms with van der Waals surface area (Å²) >= 11 is 0. The van der Waals surface area contributed by atoms with E-state index in [0.29, 0.717) is 23.8 Å². The molecule has 1 fully saturated rings. The summed E-state index contributed by atoms with van der Waals surface area (Å²) in [6.07, 6.45) is 3.31. The van der Waals surface area contributed by atoms with Gasteiger partial charge in [0.15, 0.2) is 0 Å². The standard InChI is InChI=1S/C14H23N3O2/c1-4-13-12(9-15-19-13)14(18)17-8-7-11(10-17)16(5-2)6-3/h9,11H,4-8,10H2,1-3H3. The lowest BCUT2D eigenvalue weighted by molar-refractivity contribution is 0.0775. The third kappa shape index (κ3) is 2.81. The van der Waals surface area contributed by atoms with E-state index in [0.717, 1.165) is 32.6 Å². The molecule has 1 unspecified atom stereocenters. The molecular weight excluding hydrogens is 242 g/mol. The molecule has 0 bridgehead atoms. The molecule has 0 aliphatic carbocycles. The van der Waals surface area contributed by atoms with Crippen molar-refractivity contribution in [2.24, 2.45) is 0 Å². The van der Waals surface area contributed by atoms with Gasteiger partial charge in [0.25, 0.3) is 5.91 Å². The molecule has 1 saturated heterocycles. The SMILES string of the molecule is CCc1oncc1C(=O)N1CCC(N(CC)CC)C1. The Hall–Kier alpha value is -1.36. The van der Waals surface area contributed by atoms with Crippen LogP contribution in [0.25, 0.3) is 0 Å². The zero-order chi connectivity index (χ0) is 13.8. The number of likely N-dealkylation sites (tertiary alicyclic amines) is 1. The van der Waals surface area contributed by atoms with Crippen LogP contribution in [0, 0.1) is 0 Å². The Morgan fingerprint density at radius 1 is 1.47 bits per heavy atom. The average molecular weight is 265 g/mol. The minimum Gasteiger partial charge on any atom is -0.361 e. The smallest absolute Gasteiger partial charge is 0.259 e. The summed E-state index contributed by atoms with van der Waals surface area (Å²) in [5.41, 5.74) is 0.627. The number of amides is 1. The molecule has 1 aliphatic heterocycles. The Morgan fingerprint density at radius 2 is 2.21 bits per heavy atom. The fraction of sp³-hybridized carbons (Fsp3) is 0.714. The van der Waals surface area contributed by atoms with Crippen LogP contribution in [0.1, 0.15) is 43.3 Å². The van der Waals surface area contributed by atoms with Gasteiger partial charge in [0.2, 0.25) is 0 Å². The molecule has 2 heterocycles. The molecule has 1 amide bonds. The minimum atomic E-state index is 0.0627. The van der Waals surface area contributed by atoms with Crippen LogP contribution in [0.4, 0.5) is 0 Å². The maximum atomic E-state index is 12.4. The predicted octanol–water partition coefficient (Wildman–Crippen LogP) is 1.79. The summed E-state index contributed by atoms with van der Waals surface area (Å²) in [5, 5.41) is 3.74. The zero-order valence-corrected chi connectivity index (χ0v) is 12.1. The van der Waals surface area contributed by atoms with E-state index in [-0.39, 0.29) is 5.91 Å². The Bertz CT molecular complexity index is 426. The van der Waals surface area contributed by atoms with Crippen molar-refractivity contribution in [3.05, 3.63) is 17.5 Å². The summed E-state index contributed by atoms with van der Waals surface area (Å²) in [6.45, 7) is 10.0. The Labute approximate surface area is 114 Å². The second-order valence-corrected chi connectivity index (χ2v) is 4.93. The second kappa shape index (κ2) is 6.19. The van der Waals surface area contributed by atoms with Gasteiger partial charge in [0.05, 0.1) is 6.20 Å². The van der Waals surface area contributed by atoms with Gasteiger partial charge in [-0.2, -0.15) is 0 Å². The van der Waals surface area contributed by atoms with E-state index in [2.05, 4.69) is 23.9 Å². The third-order valence-corrected chi connectivity index (χ3v) is 3.98. The van der Waals surface area contributed by atoms with Crippen molar-refractivity contribution in [3.63, 3.8) is 0 Å². The van der Waals surface area contributed by atoms with Crippen molar-refractivity contribution < 1.29 is 9.32 Å². The molecule has 0 spiro atoms. The topological polar surface area (TPSA) is 49.6 Å². The van der Waals surface area contributed by atoms with Gasteiger partial charge in [-0.1, -0.05) is 25.9 Å². The fourth-order valence-corrected chi connectivity index (χ4v) is 2.83. The summed E-state index contributed by atoms with van der Waals surface area (Å²) in [4.78, 5) is 16.8. The van der Waals surface area contributed by atoms with Crippen LogP contribution < -0.4 is 0 Å². The van der Waals surface area contributed by atoms with Crippen molar-refractivity contribution in [1.82, 2.24) is 15.0 Å². The van der Waals surface area contributed by atoms with Gasteiger partial charge in [0, 0.05) is 25.6 Å². The van der Waals surface area contributed by atoms with Crippen LogP contribution in [-0.2, 0) is 6.42 Å². The first-order valence-corrected chi connectivity index (χ1v) is 7.18. The van der Waals surface area contributed by atoms with Crippen LogP contribution >= 0.6 is 0 Å². The molecule has 106 valence electrons. The molecule has 1 aromatic rings. The van der Waals surface area contributed by atoms with Crippen molar-refractivity contribution >= 4 is 5.91 Å². The van der Waals surface area contributed by atoms with Crippen LogP contribution in [0.3, 0.4) is 0 Å². The fourth-order valence-electron chi connectivity index (χ4n) is 2.83.